The summed E-state index contributed by atoms with van der Waals surface area (Å²) < 4.78 is 16.3. The molecule has 2 unspecified atom stereocenters. The van der Waals surface area contributed by atoms with E-state index in [1.54, 1.807) is 38.5 Å². The SMILES string of the molecule is COc1ccc(C(CC(C)C(N)[C@@H](O)COc2ccc(O)cc2)c2ccc(OC)cc2)cc1. The van der Waals surface area contributed by atoms with Crippen molar-refractivity contribution in [1.29, 1.82) is 0 Å². The molecule has 0 aliphatic carbocycles. The molecule has 3 atom stereocenters. The van der Waals surface area contributed by atoms with Crippen LogP contribution in [0.3, 0.4) is 0 Å². The summed E-state index contributed by atoms with van der Waals surface area (Å²) in [6.07, 6.45) is -0.0861. The molecule has 0 radical (unpaired) electrons. The van der Waals surface area contributed by atoms with Crippen LogP contribution in [0, 0.1) is 5.92 Å². The van der Waals surface area contributed by atoms with Crippen molar-refractivity contribution in [1.82, 2.24) is 0 Å². The van der Waals surface area contributed by atoms with Crippen LogP contribution in [0.2, 0.25) is 0 Å². The Balaban J connectivity index is 1.71. The third-order valence-electron chi connectivity index (χ3n) is 6.00. The van der Waals surface area contributed by atoms with E-state index in [2.05, 4.69) is 31.2 Å². The first-order valence-electron chi connectivity index (χ1n) is 11.0. The molecule has 0 heterocycles. The zero-order chi connectivity index (χ0) is 23.8. The van der Waals surface area contributed by atoms with Crippen LogP contribution < -0.4 is 19.9 Å². The normalized spacial score (nSPS) is 13.9. The van der Waals surface area contributed by atoms with Crippen molar-refractivity contribution in [2.45, 2.75) is 31.4 Å². The van der Waals surface area contributed by atoms with E-state index < -0.39 is 12.1 Å². The lowest BCUT2D eigenvalue weighted by Crippen LogP contribution is -2.44. The Bertz CT molecular complexity index is 925. The molecule has 6 heteroatoms. The highest BCUT2D eigenvalue weighted by molar-refractivity contribution is 5.38. The monoisotopic (exact) mass is 451 g/mol. The molecular formula is C27H33NO5. The second-order valence-electron chi connectivity index (χ2n) is 8.26. The number of phenols is 1. The number of nitrogens with two attached hydrogens (primary N) is 1. The van der Waals surface area contributed by atoms with E-state index >= 15 is 0 Å². The third-order valence-corrected chi connectivity index (χ3v) is 6.00. The molecular weight excluding hydrogens is 418 g/mol. The number of ether oxygens (including phenoxy) is 3. The van der Waals surface area contributed by atoms with Crippen LogP contribution >= 0.6 is 0 Å². The van der Waals surface area contributed by atoms with E-state index in [-0.39, 0.29) is 24.2 Å². The minimum absolute atomic E-state index is 0.0117. The number of methoxy groups -OCH3 is 2. The van der Waals surface area contributed by atoms with Crippen molar-refractivity contribution >= 4 is 0 Å². The molecule has 33 heavy (non-hydrogen) atoms. The lowest BCUT2D eigenvalue weighted by molar-refractivity contribution is 0.0668. The van der Waals surface area contributed by atoms with Gasteiger partial charge in [-0.1, -0.05) is 31.2 Å². The molecule has 3 aromatic carbocycles. The van der Waals surface area contributed by atoms with Gasteiger partial charge in [-0.2, -0.15) is 0 Å². The standard InChI is InChI=1S/C27H33NO5/c1-18(27(28)26(30)17-33-24-14-8-21(29)9-15-24)16-25(19-4-10-22(31-2)11-5-19)20-6-12-23(32-3)13-7-20/h4-15,18,25-27,29-30H,16-17,28H2,1-3H3/t18?,26-,27?/m0/s1. The summed E-state index contributed by atoms with van der Waals surface area (Å²) >= 11 is 0. The smallest absolute Gasteiger partial charge is 0.119 e. The highest BCUT2D eigenvalue weighted by atomic mass is 16.5. The van der Waals surface area contributed by atoms with Gasteiger partial charge in [-0.05, 0) is 72.0 Å². The minimum Gasteiger partial charge on any atom is -0.508 e. The summed E-state index contributed by atoms with van der Waals surface area (Å²) in [6.45, 7) is 2.13. The Kier molecular flexibility index (Phi) is 8.58. The quantitative estimate of drug-likeness (QED) is 0.402. The fourth-order valence-corrected chi connectivity index (χ4v) is 3.88. The second kappa shape index (κ2) is 11.6. The van der Waals surface area contributed by atoms with Crippen molar-refractivity contribution in [3.05, 3.63) is 83.9 Å². The molecule has 3 aromatic rings. The van der Waals surface area contributed by atoms with E-state index in [1.165, 1.54) is 0 Å². The molecule has 4 N–H and O–H groups in total. The number of benzene rings is 3. The molecule has 0 spiro atoms. The first kappa shape index (κ1) is 24.4. The Morgan fingerprint density at radius 3 is 1.67 bits per heavy atom. The summed E-state index contributed by atoms with van der Waals surface area (Å²) in [6, 6.07) is 22.0. The Hall–Kier alpha value is -3.22. The Labute approximate surface area is 195 Å². The van der Waals surface area contributed by atoms with Gasteiger partial charge in [0.2, 0.25) is 0 Å². The van der Waals surface area contributed by atoms with Crippen molar-refractivity contribution < 1.29 is 24.4 Å². The van der Waals surface area contributed by atoms with Crippen LogP contribution in [-0.2, 0) is 0 Å². The highest BCUT2D eigenvalue weighted by Crippen LogP contribution is 2.34. The van der Waals surface area contributed by atoms with E-state index in [0.29, 0.717) is 5.75 Å². The first-order valence-corrected chi connectivity index (χ1v) is 11.0. The zero-order valence-corrected chi connectivity index (χ0v) is 19.3. The van der Waals surface area contributed by atoms with Gasteiger partial charge in [0.15, 0.2) is 0 Å². The van der Waals surface area contributed by atoms with E-state index in [9.17, 15) is 10.2 Å². The van der Waals surface area contributed by atoms with Crippen molar-refractivity contribution in [3.63, 3.8) is 0 Å². The van der Waals surface area contributed by atoms with Crippen LogP contribution in [0.25, 0.3) is 0 Å². The first-order chi connectivity index (χ1) is 15.9. The number of aromatic hydroxyl groups is 1. The number of rotatable bonds is 11. The van der Waals surface area contributed by atoms with Gasteiger partial charge < -0.3 is 30.2 Å². The molecule has 0 amide bonds. The van der Waals surface area contributed by atoms with Crippen LogP contribution in [0.4, 0.5) is 0 Å². The molecule has 0 aromatic heterocycles. The van der Waals surface area contributed by atoms with Gasteiger partial charge in [-0.25, -0.2) is 0 Å². The van der Waals surface area contributed by atoms with Gasteiger partial charge in [0.1, 0.15) is 35.7 Å². The molecule has 3 rings (SSSR count). The maximum atomic E-state index is 10.7. The number of aliphatic hydroxyl groups excluding tert-OH is 1. The van der Waals surface area contributed by atoms with Crippen molar-refractivity contribution in [2.75, 3.05) is 20.8 Å². The summed E-state index contributed by atoms with van der Waals surface area (Å²) in [5, 5.41) is 20.0. The second-order valence-corrected chi connectivity index (χ2v) is 8.26. The molecule has 6 nitrogen and oxygen atoms in total. The highest BCUT2D eigenvalue weighted by Gasteiger charge is 2.26. The third kappa shape index (κ3) is 6.63. The topological polar surface area (TPSA) is 94.2 Å². The number of hydrogen-bond acceptors (Lipinski definition) is 6. The summed E-state index contributed by atoms with van der Waals surface area (Å²) in [5.74, 6) is 2.45. The fourth-order valence-electron chi connectivity index (χ4n) is 3.88. The lowest BCUT2D eigenvalue weighted by Gasteiger charge is -2.29. The van der Waals surface area contributed by atoms with Crippen molar-refractivity contribution in [3.8, 4) is 23.0 Å². The largest absolute Gasteiger partial charge is 0.508 e. The van der Waals surface area contributed by atoms with Gasteiger partial charge in [0, 0.05) is 12.0 Å². The van der Waals surface area contributed by atoms with E-state index in [4.69, 9.17) is 19.9 Å². The van der Waals surface area contributed by atoms with Crippen LogP contribution in [0.5, 0.6) is 23.0 Å². The van der Waals surface area contributed by atoms with Crippen LogP contribution in [0.15, 0.2) is 72.8 Å². The van der Waals surface area contributed by atoms with Gasteiger partial charge in [-0.15, -0.1) is 0 Å². The Morgan fingerprint density at radius 2 is 1.21 bits per heavy atom. The summed E-state index contributed by atoms with van der Waals surface area (Å²) in [7, 11) is 3.30. The van der Waals surface area contributed by atoms with Gasteiger partial charge >= 0.3 is 0 Å². The maximum absolute atomic E-state index is 10.7. The molecule has 0 bridgehead atoms. The molecule has 0 saturated heterocycles. The maximum Gasteiger partial charge on any atom is 0.119 e. The van der Waals surface area contributed by atoms with Gasteiger partial charge in [0.25, 0.3) is 0 Å². The van der Waals surface area contributed by atoms with E-state index in [1.807, 2.05) is 24.3 Å². The number of aliphatic hydroxyl groups is 1. The lowest BCUT2D eigenvalue weighted by atomic mass is 9.81. The molecule has 0 saturated carbocycles. The summed E-state index contributed by atoms with van der Waals surface area (Å²) in [4.78, 5) is 0. The molecule has 0 aliphatic rings. The number of hydrogen-bond donors (Lipinski definition) is 3. The fraction of sp³-hybridized carbons (Fsp3) is 0.333. The molecule has 0 fully saturated rings. The average Bonchev–Trinajstić information content (AvgIpc) is 2.86. The van der Waals surface area contributed by atoms with Gasteiger partial charge in [0.05, 0.1) is 14.2 Å². The van der Waals surface area contributed by atoms with Gasteiger partial charge in [-0.3, -0.25) is 0 Å². The number of phenolic OH excluding ortho intramolecular Hbond substituents is 1. The molecule has 0 aliphatic heterocycles. The van der Waals surface area contributed by atoms with Crippen molar-refractivity contribution in [2.24, 2.45) is 11.7 Å². The predicted molar refractivity (Wildman–Crippen MR) is 129 cm³/mol. The average molecular weight is 452 g/mol. The van der Waals surface area contributed by atoms with Crippen LogP contribution in [-0.4, -0.2) is 43.2 Å². The Morgan fingerprint density at radius 1 is 0.758 bits per heavy atom. The van der Waals surface area contributed by atoms with Crippen LogP contribution in [0.1, 0.15) is 30.4 Å². The predicted octanol–water partition coefficient (Wildman–Crippen LogP) is 4.33. The zero-order valence-electron chi connectivity index (χ0n) is 19.3. The minimum atomic E-state index is -0.832. The molecule has 176 valence electrons. The summed E-state index contributed by atoms with van der Waals surface area (Å²) in [5.41, 5.74) is 8.73. The van der Waals surface area contributed by atoms with E-state index in [0.717, 1.165) is 29.0 Å².